The lowest BCUT2D eigenvalue weighted by Gasteiger charge is -2.34. The fraction of sp³-hybridized carbons (Fsp3) is 0.550. The topological polar surface area (TPSA) is 77.9 Å². The summed E-state index contributed by atoms with van der Waals surface area (Å²) in [4.78, 5) is 39.7. The summed E-state index contributed by atoms with van der Waals surface area (Å²) in [5.74, 6) is -1.26. The van der Waals surface area contributed by atoms with Gasteiger partial charge in [0.1, 0.15) is 0 Å². The Kier molecular flexibility index (Phi) is 6.77. The molecule has 2 rings (SSSR count). The number of carboxylic acids is 1. The number of benzene rings is 1. The summed E-state index contributed by atoms with van der Waals surface area (Å²) < 4.78 is 0. The van der Waals surface area contributed by atoms with E-state index < -0.39 is 5.97 Å². The van der Waals surface area contributed by atoms with Crippen molar-refractivity contribution in [3.05, 3.63) is 34.9 Å². The number of hydrogen-bond donors (Lipinski definition) is 1. The minimum Gasteiger partial charge on any atom is -0.481 e. The van der Waals surface area contributed by atoms with Gasteiger partial charge in [-0.3, -0.25) is 14.4 Å². The summed E-state index contributed by atoms with van der Waals surface area (Å²) in [6, 6.07) is 5.79. The van der Waals surface area contributed by atoms with Crippen LogP contribution in [0, 0.1) is 19.8 Å². The number of carboxylic acid groups (broad SMARTS) is 1. The summed E-state index contributed by atoms with van der Waals surface area (Å²) in [7, 11) is 0. The zero-order valence-electron chi connectivity index (χ0n) is 15.8. The van der Waals surface area contributed by atoms with Crippen molar-refractivity contribution in [2.24, 2.45) is 5.92 Å². The number of amides is 2. The highest BCUT2D eigenvalue weighted by Gasteiger charge is 2.31. The molecule has 1 unspecified atom stereocenters. The Balaban J connectivity index is 2.06. The Labute approximate surface area is 154 Å². The van der Waals surface area contributed by atoms with Crippen LogP contribution >= 0.6 is 0 Å². The number of nitrogens with zero attached hydrogens (tertiary/aromatic N) is 2. The zero-order chi connectivity index (χ0) is 19.3. The SMILES string of the molecule is CCN(CCC(=O)O)C(=O)C1CCCN(C(=O)c2cc(C)cc(C)c2)C1. The van der Waals surface area contributed by atoms with Gasteiger partial charge in [-0.15, -0.1) is 0 Å². The van der Waals surface area contributed by atoms with Crippen LogP contribution in [0.4, 0.5) is 0 Å². The molecule has 1 aliphatic heterocycles. The monoisotopic (exact) mass is 360 g/mol. The number of carbonyl (C=O) groups excluding carboxylic acids is 2. The molecule has 0 saturated carbocycles. The number of rotatable bonds is 6. The highest BCUT2D eigenvalue weighted by atomic mass is 16.4. The highest BCUT2D eigenvalue weighted by molar-refractivity contribution is 5.95. The van der Waals surface area contributed by atoms with Gasteiger partial charge in [-0.25, -0.2) is 0 Å². The molecular formula is C20H28N2O4. The fourth-order valence-electron chi connectivity index (χ4n) is 3.56. The molecule has 1 atom stereocenters. The van der Waals surface area contributed by atoms with Gasteiger partial charge in [-0.05, 0) is 45.7 Å². The quantitative estimate of drug-likeness (QED) is 0.845. The van der Waals surface area contributed by atoms with Gasteiger partial charge in [0.05, 0.1) is 12.3 Å². The van der Waals surface area contributed by atoms with E-state index in [0.717, 1.165) is 24.0 Å². The molecule has 2 amide bonds. The molecule has 1 N–H and O–H groups in total. The van der Waals surface area contributed by atoms with Crippen molar-refractivity contribution in [1.82, 2.24) is 9.80 Å². The first kappa shape index (κ1) is 19.9. The summed E-state index contributed by atoms with van der Waals surface area (Å²) in [5.41, 5.74) is 2.75. The average Bonchev–Trinajstić information content (AvgIpc) is 2.60. The Morgan fingerprint density at radius 1 is 1.19 bits per heavy atom. The summed E-state index contributed by atoms with van der Waals surface area (Å²) in [6.07, 6.45) is 1.46. The molecule has 0 radical (unpaired) electrons. The lowest BCUT2D eigenvalue weighted by Crippen LogP contribution is -2.47. The first-order valence-electron chi connectivity index (χ1n) is 9.20. The highest BCUT2D eigenvalue weighted by Crippen LogP contribution is 2.22. The third-order valence-electron chi connectivity index (χ3n) is 4.82. The lowest BCUT2D eigenvalue weighted by atomic mass is 9.95. The van der Waals surface area contributed by atoms with E-state index in [2.05, 4.69) is 0 Å². The molecule has 6 heteroatoms. The Bertz CT molecular complexity index is 666. The Morgan fingerprint density at radius 3 is 2.42 bits per heavy atom. The largest absolute Gasteiger partial charge is 0.481 e. The molecule has 0 spiro atoms. The van der Waals surface area contributed by atoms with Crippen molar-refractivity contribution in [1.29, 1.82) is 0 Å². The number of hydrogen-bond acceptors (Lipinski definition) is 3. The molecule has 0 bridgehead atoms. The average molecular weight is 360 g/mol. The first-order valence-corrected chi connectivity index (χ1v) is 9.20. The van der Waals surface area contributed by atoms with Gasteiger partial charge in [-0.1, -0.05) is 17.2 Å². The van der Waals surface area contributed by atoms with Crippen LogP contribution in [0.15, 0.2) is 18.2 Å². The van der Waals surface area contributed by atoms with E-state index >= 15 is 0 Å². The van der Waals surface area contributed by atoms with Crippen LogP contribution in [0.3, 0.4) is 0 Å². The van der Waals surface area contributed by atoms with Gasteiger partial charge in [-0.2, -0.15) is 0 Å². The molecule has 1 saturated heterocycles. The minimum absolute atomic E-state index is 0.0390. The standard InChI is InChI=1S/C20H28N2O4/c1-4-21(9-7-18(23)24)19(25)16-6-5-8-22(13-16)20(26)17-11-14(2)10-15(3)12-17/h10-12,16H,4-9,13H2,1-3H3,(H,23,24). The third-order valence-corrected chi connectivity index (χ3v) is 4.82. The van der Waals surface area contributed by atoms with Gasteiger partial charge in [0, 0.05) is 31.7 Å². The maximum atomic E-state index is 12.9. The fourth-order valence-corrected chi connectivity index (χ4v) is 3.56. The summed E-state index contributed by atoms with van der Waals surface area (Å²) in [6.45, 7) is 7.52. The summed E-state index contributed by atoms with van der Waals surface area (Å²) >= 11 is 0. The number of likely N-dealkylation sites (tertiary alicyclic amines) is 1. The molecule has 1 aromatic rings. The van der Waals surface area contributed by atoms with E-state index in [9.17, 15) is 14.4 Å². The van der Waals surface area contributed by atoms with Crippen LogP contribution in [-0.2, 0) is 9.59 Å². The molecule has 0 aliphatic carbocycles. The number of carbonyl (C=O) groups is 3. The maximum Gasteiger partial charge on any atom is 0.305 e. The summed E-state index contributed by atoms with van der Waals surface area (Å²) in [5, 5.41) is 8.84. The normalized spacial score (nSPS) is 17.0. The molecule has 1 aromatic carbocycles. The van der Waals surface area contributed by atoms with Crippen molar-refractivity contribution < 1.29 is 19.5 Å². The van der Waals surface area contributed by atoms with Crippen LogP contribution in [-0.4, -0.2) is 58.9 Å². The molecule has 1 fully saturated rings. The second-order valence-electron chi connectivity index (χ2n) is 7.03. The first-order chi connectivity index (χ1) is 12.3. The van der Waals surface area contributed by atoms with Crippen molar-refractivity contribution >= 4 is 17.8 Å². The second kappa shape index (κ2) is 8.83. The van der Waals surface area contributed by atoms with Crippen molar-refractivity contribution in [3.63, 3.8) is 0 Å². The van der Waals surface area contributed by atoms with Crippen LogP contribution in [0.1, 0.15) is 47.7 Å². The smallest absolute Gasteiger partial charge is 0.305 e. The molecule has 1 heterocycles. The van der Waals surface area contributed by atoms with E-state index in [-0.39, 0.29) is 30.7 Å². The van der Waals surface area contributed by atoms with Gasteiger partial charge in [0.15, 0.2) is 0 Å². The molecule has 6 nitrogen and oxygen atoms in total. The van der Waals surface area contributed by atoms with E-state index in [1.54, 1.807) is 9.80 Å². The van der Waals surface area contributed by atoms with Gasteiger partial charge >= 0.3 is 5.97 Å². The molecule has 142 valence electrons. The van der Waals surface area contributed by atoms with E-state index in [1.807, 2.05) is 39.0 Å². The molecule has 1 aliphatic rings. The Morgan fingerprint density at radius 2 is 1.85 bits per heavy atom. The van der Waals surface area contributed by atoms with Crippen LogP contribution in [0.25, 0.3) is 0 Å². The molecular weight excluding hydrogens is 332 g/mol. The van der Waals surface area contributed by atoms with Gasteiger partial charge in [0.2, 0.25) is 5.91 Å². The minimum atomic E-state index is -0.911. The molecule has 26 heavy (non-hydrogen) atoms. The van der Waals surface area contributed by atoms with Gasteiger partial charge < -0.3 is 14.9 Å². The van der Waals surface area contributed by atoms with Crippen molar-refractivity contribution in [2.75, 3.05) is 26.2 Å². The molecule has 0 aromatic heterocycles. The van der Waals surface area contributed by atoms with E-state index in [0.29, 0.717) is 25.2 Å². The van der Waals surface area contributed by atoms with E-state index in [1.165, 1.54) is 0 Å². The van der Waals surface area contributed by atoms with Crippen LogP contribution in [0.5, 0.6) is 0 Å². The number of piperidine rings is 1. The van der Waals surface area contributed by atoms with Crippen molar-refractivity contribution in [2.45, 2.75) is 40.0 Å². The second-order valence-corrected chi connectivity index (χ2v) is 7.03. The zero-order valence-corrected chi connectivity index (χ0v) is 15.8. The van der Waals surface area contributed by atoms with Crippen molar-refractivity contribution in [3.8, 4) is 0 Å². The van der Waals surface area contributed by atoms with Crippen LogP contribution < -0.4 is 0 Å². The predicted molar refractivity (Wildman–Crippen MR) is 99.1 cm³/mol. The number of aryl methyl sites for hydroxylation is 2. The number of aliphatic carboxylic acids is 1. The van der Waals surface area contributed by atoms with Gasteiger partial charge in [0.25, 0.3) is 5.91 Å². The maximum absolute atomic E-state index is 12.9. The van der Waals surface area contributed by atoms with Crippen LogP contribution in [0.2, 0.25) is 0 Å². The third kappa shape index (κ3) is 5.07. The Hall–Kier alpha value is -2.37. The predicted octanol–water partition coefficient (Wildman–Crippen LogP) is 2.48. The van der Waals surface area contributed by atoms with E-state index in [4.69, 9.17) is 5.11 Å². The lowest BCUT2D eigenvalue weighted by molar-refractivity contribution is -0.140.